The Bertz CT molecular complexity index is 1530. The molecule has 206 valence electrons. The van der Waals surface area contributed by atoms with Gasteiger partial charge in [0.05, 0.1) is 18.5 Å². The average molecular weight is 542 g/mol. The summed E-state index contributed by atoms with van der Waals surface area (Å²) >= 11 is 0. The van der Waals surface area contributed by atoms with Crippen LogP contribution in [0.15, 0.2) is 39.7 Å². The Hall–Kier alpha value is -4.10. The van der Waals surface area contributed by atoms with Crippen molar-refractivity contribution in [1.82, 2.24) is 24.4 Å². The molecule has 0 bridgehead atoms. The summed E-state index contributed by atoms with van der Waals surface area (Å²) in [5.74, 6) is -0.897. The second-order valence-corrected chi connectivity index (χ2v) is 9.14. The Morgan fingerprint density at radius 3 is 2.54 bits per heavy atom. The van der Waals surface area contributed by atoms with Gasteiger partial charge in [0, 0.05) is 46.4 Å². The molecule has 0 aliphatic carbocycles. The summed E-state index contributed by atoms with van der Waals surface area (Å²) in [5.41, 5.74) is 6.99. The minimum Gasteiger partial charge on any atom is -0.488 e. The molecule has 11 nitrogen and oxygen atoms in total. The number of benzene rings is 1. The lowest BCUT2D eigenvalue weighted by Crippen LogP contribution is -2.48. The summed E-state index contributed by atoms with van der Waals surface area (Å²) in [4.78, 5) is 29.5. The third-order valence-corrected chi connectivity index (χ3v) is 6.61. The molecule has 1 aromatic carbocycles. The number of fused-ring (bicyclic) bond motifs is 1. The van der Waals surface area contributed by atoms with Crippen molar-refractivity contribution in [2.45, 2.75) is 13.5 Å². The van der Waals surface area contributed by atoms with Crippen LogP contribution in [-0.4, -0.2) is 77.5 Å². The number of nitrogens with two attached hydrogens (primary N) is 1. The van der Waals surface area contributed by atoms with Crippen molar-refractivity contribution in [3.05, 3.63) is 58.2 Å². The highest BCUT2D eigenvalue weighted by Gasteiger charge is 2.24. The van der Waals surface area contributed by atoms with Gasteiger partial charge in [0.2, 0.25) is 11.8 Å². The lowest BCUT2D eigenvalue weighted by atomic mass is 10.2. The van der Waals surface area contributed by atoms with Crippen LogP contribution < -0.4 is 20.9 Å². The van der Waals surface area contributed by atoms with Gasteiger partial charge in [0.15, 0.2) is 23.0 Å². The van der Waals surface area contributed by atoms with Crippen LogP contribution in [0, 0.1) is 18.6 Å². The molecule has 3 aromatic heterocycles. The fraction of sp³-hybridized carbons (Fsp3) is 0.385. The van der Waals surface area contributed by atoms with Crippen LogP contribution in [-0.2, 0) is 11.3 Å². The first kappa shape index (κ1) is 26.5. The molecule has 0 amide bonds. The van der Waals surface area contributed by atoms with Crippen molar-refractivity contribution < 1.29 is 22.7 Å². The number of halogens is 2. The number of nitrogens with zero attached hydrogens (tertiary/aromatic N) is 6. The van der Waals surface area contributed by atoms with E-state index in [1.807, 2.05) is 6.92 Å². The molecule has 0 unspecified atom stereocenters. The number of methoxy groups -OCH3 is 1. The number of hydrogen-bond donors (Lipinski definition) is 1. The van der Waals surface area contributed by atoms with E-state index in [0.29, 0.717) is 67.6 Å². The molecule has 0 spiro atoms. The van der Waals surface area contributed by atoms with Gasteiger partial charge in [-0.1, -0.05) is 0 Å². The number of aromatic nitrogens is 4. The largest absolute Gasteiger partial charge is 0.488 e. The van der Waals surface area contributed by atoms with Crippen molar-refractivity contribution in [1.29, 1.82) is 0 Å². The molecule has 4 aromatic rings. The lowest BCUT2D eigenvalue weighted by molar-refractivity contribution is 0.143. The smallest absolute Gasteiger partial charge is 0.270 e. The fourth-order valence-corrected chi connectivity index (χ4v) is 4.58. The molecule has 1 fully saturated rings. The first-order valence-electron chi connectivity index (χ1n) is 12.5. The summed E-state index contributed by atoms with van der Waals surface area (Å²) in [6.45, 7) is 5.26. The number of piperazine rings is 1. The highest BCUT2D eigenvalue weighted by atomic mass is 19.2. The minimum atomic E-state index is -1.01. The number of aryl methyl sites for hydroxylation is 1. The summed E-state index contributed by atoms with van der Waals surface area (Å²) in [6.07, 6.45) is 1.24. The number of anilines is 2. The predicted octanol–water partition coefficient (Wildman–Crippen LogP) is 2.46. The molecule has 4 heterocycles. The van der Waals surface area contributed by atoms with Crippen LogP contribution in [0.4, 0.5) is 20.4 Å². The molecule has 2 N–H and O–H groups in total. The van der Waals surface area contributed by atoms with Crippen molar-refractivity contribution >= 4 is 22.8 Å². The Morgan fingerprint density at radius 2 is 1.82 bits per heavy atom. The van der Waals surface area contributed by atoms with Gasteiger partial charge in [0.25, 0.3) is 5.56 Å². The highest BCUT2D eigenvalue weighted by Crippen LogP contribution is 2.29. The molecule has 1 aliphatic heterocycles. The molecule has 13 heteroatoms. The van der Waals surface area contributed by atoms with Gasteiger partial charge < -0.3 is 24.5 Å². The van der Waals surface area contributed by atoms with E-state index < -0.39 is 11.6 Å². The molecule has 0 saturated carbocycles. The second-order valence-electron chi connectivity index (χ2n) is 9.14. The van der Waals surface area contributed by atoms with Gasteiger partial charge in [-0.2, -0.15) is 9.37 Å². The van der Waals surface area contributed by atoms with E-state index in [1.54, 1.807) is 17.0 Å². The van der Waals surface area contributed by atoms with Crippen molar-refractivity contribution in [2.24, 2.45) is 0 Å². The van der Waals surface area contributed by atoms with Crippen molar-refractivity contribution in [3.8, 4) is 17.2 Å². The first-order valence-corrected chi connectivity index (χ1v) is 12.5. The van der Waals surface area contributed by atoms with Crippen LogP contribution in [0.3, 0.4) is 0 Å². The van der Waals surface area contributed by atoms with E-state index in [4.69, 9.17) is 19.6 Å². The Balaban J connectivity index is 1.27. The van der Waals surface area contributed by atoms with Crippen LogP contribution in [0.25, 0.3) is 22.6 Å². The van der Waals surface area contributed by atoms with Gasteiger partial charge >= 0.3 is 0 Å². The van der Waals surface area contributed by atoms with Crippen LogP contribution in [0.5, 0.6) is 5.75 Å². The Kier molecular flexibility index (Phi) is 7.70. The van der Waals surface area contributed by atoms with Gasteiger partial charge in [-0.3, -0.25) is 14.3 Å². The van der Waals surface area contributed by atoms with Gasteiger partial charge in [-0.15, -0.1) is 0 Å². The quantitative estimate of drug-likeness (QED) is 0.316. The number of hydrogen-bond acceptors (Lipinski definition) is 10. The number of furan rings is 1. The van der Waals surface area contributed by atoms with E-state index in [2.05, 4.69) is 19.9 Å². The Morgan fingerprint density at radius 1 is 1.03 bits per heavy atom. The standard InChI is InChI=1S/C26H29F2N7O4/c1-16-3-5-19(39-16)23-24-25(32-26(29)31-23)35(20(36)15-30-24)12-9-33-7-10-34(11-8-33)17-4-6-18(22(28)21(17)27)38-14-13-37-2/h3-6,15H,7-14H2,1-2H3,(H2,29,31,32). The summed E-state index contributed by atoms with van der Waals surface area (Å²) in [6, 6.07) is 6.54. The van der Waals surface area contributed by atoms with E-state index >= 15 is 0 Å². The summed E-state index contributed by atoms with van der Waals surface area (Å²) < 4.78 is 46.7. The molecule has 0 atom stereocenters. The zero-order valence-electron chi connectivity index (χ0n) is 21.7. The second kappa shape index (κ2) is 11.3. The van der Waals surface area contributed by atoms with E-state index in [0.717, 1.165) is 0 Å². The maximum absolute atomic E-state index is 14.8. The van der Waals surface area contributed by atoms with Crippen LogP contribution in [0.1, 0.15) is 5.76 Å². The number of rotatable bonds is 9. The van der Waals surface area contributed by atoms with Crippen LogP contribution in [0.2, 0.25) is 0 Å². The SMILES string of the molecule is COCCOc1ccc(N2CCN(CCn3c(=O)cnc4c(-c5ccc(C)o5)nc(N)nc43)CC2)c(F)c1F. The zero-order chi connectivity index (χ0) is 27.5. The third-order valence-electron chi connectivity index (χ3n) is 6.61. The lowest BCUT2D eigenvalue weighted by Gasteiger charge is -2.36. The van der Waals surface area contributed by atoms with Crippen LogP contribution >= 0.6 is 0 Å². The average Bonchev–Trinajstić information content (AvgIpc) is 3.37. The highest BCUT2D eigenvalue weighted by molar-refractivity contribution is 5.86. The number of nitrogen functional groups attached to an aromatic ring is 1. The van der Waals surface area contributed by atoms with Gasteiger partial charge in [0.1, 0.15) is 23.6 Å². The third kappa shape index (κ3) is 5.54. The fourth-order valence-electron chi connectivity index (χ4n) is 4.58. The molecular weight excluding hydrogens is 512 g/mol. The van der Waals surface area contributed by atoms with Crippen molar-refractivity contribution in [2.75, 3.05) is 63.7 Å². The summed E-state index contributed by atoms with van der Waals surface area (Å²) in [7, 11) is 1.50. The molecule has 1 aliphatic rings. The van der Waals surface area contributed by atoms with E-state index in [9.17, 15) is 13.6 Å². The minimum absolute atomic E-state index is 0.00527. The van der Waals surface area contributed by atoms with Crippen molar-refractivity contribution in [3.63, 3.8) is 0 Å². The molecule has 1 saturated heterocycles. The topological polar surface area (TPSA) is 125 Å². The molecule has 5 rings (SSSR count). The number of ether oxygens (including phenoxy) is 2. The van der Waals surface area contributed by atoms with E-state index in [-0.39, 0.29) is 36.2 Å². The maximum Gasteiger partial charge on any atom is 0.270 e. The molecular formula is C26H29F2N7O4. The van der Waals surface area contributed by atoms with Gasteiger partial charge in [-0.25, -0.2) is 14.4 Å². The monoisotopic (exact) mass is 541 g/mol. The predicted molar refractivity (Wildman–Crippen MR) is 141 cm³/mol. The maximum atomic E-state index is 14.8. The zero-order valence-corrected chi connectivity index (χ0v) is 21.7. The van der Waals surface area contributed by atoms with Gasteiger partial charge in [-0.05, 0) is 31.2 Å². The normalized spacial score (nSPS) is 14.3. The Labute approximate surface area is 222 Å². The van der Waals surface area contributed by atoms with E-state index in [1.165, 1.54) is 30.0 Å². The molecule has 39 heavy (non-hydrogen) atoms. The summed E-state index contributed by atoms with van der Waals surface area (Å²) in [5, 5.41) is 0. The molecule has 0 radical (unpaired) electrons. The first-order chi connectivity index (χ1) is 18.9.